The van der Waals surface area contributed by atoms with E-state index < -0.39 is 10.1 Å². The third kappa shape index (κ3) is 4.40. The van der Waals surface area contributed by atoms with Crippen molar-refractivity contribution in [2.24, 2.45) is 0 Å². The number of hydrogen-bond acceptors (Lipinski definition) is 5. The van der Waals surface area contributed by atoms with Gasteiger partial charge in [-0.1, -0.05) is 41.4 Å². The summed E-state index contributed by atoms with van der Waals surface area (Å²) in [7, 11) is -3.84. The van der Waals surface area contributed by atoms with Crippen LogP contribution in [0.4, 0.5) is 0 Å². The highest BCUT2D eigenvalue weighted by atomic mass is 35.5. The van der Waals surface area contributed by atoms with Gasteiger partial charge in [0.1, 0.15) is 11.5 Å². The summed E-state index contributed by atoms with van der Waals surface area (Å²) in [5.74, 6) is 2.30. The molecule has 150 valence electrons. The first-order valence-electron chi connectivity index (χ1n) is 9.13. The third-order valence-electron chi connectivity index (χ3n) is 4.58. The predicted octanol–water partition coefficient (Wildman–Crippen LogP) is 5.31. The van der Waals surface area contributed by atoms with E-state index in [-0.39, 0.29) is 17.9 Å². The van der Waals surface area contributed by atoms with E-state index in [0.717, 1.165) is 11.1 Å². The molecule has 2 aromatic rings. The molecular weight excluding hydrogens is 412 g/mol. The van der Waals surface area contributed by atoms with E-state index in [9.17, 15) is 8.42 Å². The maximum atomic E-state index is 12.4. The Labute approximate surface area is 175 Å². The molecule has 2 aromatic carbocycles. The molecule has 0 saturated heterocycles. The minimum absolute atomic E-state index is 0.0536. The van der Waals surface area contributed by atoms with Gasteiger partial charge in [-0.25, -0.2) is 0 Å². The van der Waals surface area contributed by atoms with Gasteiger partial charge in [-0.3, -0.25) is 4.18 Å². The lowest BCUT2D eigenvalue weighted by atomic mass is 10.0. The summed E-state index contributed by atoms with van der Waals surface area (Å²) in [6.45, 7) is 1.84. The van der Waals surface area contributed by atoms with Crippen molar-refractivity contribution in [3.05, 3.63) is 88.4 Å². The number of aryl methyl sites for hydroxylation is 1. The number of ether oxygens (including phenoxy) is 2. The highest BCUT2D eigenvalue weighted by molar-refractivity contribution is 7.86. The van der Waals surface area contributed by atoms with Gasteiger partial charge >= 0.3 is 0 Å². The summed E-state index contributed by atoms with van der Waals surface area (Å²) in [6.07, 6.45) is 6.64. The lowest BCUT2D eigenvalue weighted by Crippen LogP contribution is -2.11. The number of halogens is 1. The van der Waals surface area contributed by atoms with E-state index in [1.165, 1.54) is 12.1 Å². The summed E-state index contributed by atoms with van der Waals surface area (Å²) < 4.78 is 42.2. The first kappa shape index (κ1) is 19.8. The van der Waals surface area contributed by atoms with Crippen LogP contribution < -0.4 is 9.47 Å². The molecule has 1 heterocycles. The monoisotopic (exact) mass is 430 g/mol. The molecule has 4 rings (SSSR count). The molecule has 2 aliphatic rings. The van der Waals surface area contributed by atoms with E-state index in [4.69, 9.17) is 25.3 Å². The Morgan fingerprint density at radius 1 is 1.07 bits per heavy atom. The van der Waals surface area contributed by atoms with Gasteiger partial charge in [0.2, 0.25) is 0 Å². The van der Waals surface area contributed by atoms with E-state index in [0.29, 0.717) is 34.5 Å². The van der Waals surface area contributed by atoms with E-state index in [1.807, 2.05) is 25.2 Å². The standard InChI is InChI=1S/C22H19ClO5S/c1-15-6-9-17(10-7-15)29(24,25)26-13-12-20-18-4-2-3-5-19(18)27-21-11-8-16(23)14-22(21)28-20/h2-3,5-11,14H,4,12-13H2,1H3. The van der Waals surface area contributed by atoms with Crippen molar-refractivity contribution in [3.8, 4) is 11.5 Å². The minimum atomic E-state index is -3.84. The van der Waals surface area contributed by atoms with Crippen LogP contribution >= 0.6 is 11.6 Å². The predicted molar refractivity (Wildman–Crippen MR) is 111 cm³/mol. The lowest BCUT2D eigenvalue weighted by molar-refractivity contribution is 0.293. The Balaban J connectivity index is 1.55. The van der Waals surface area contributed by atoms with Crippen molar-refractivity contribution >= 4 is 21.7 Å². The maximum Gasteiger partial charge on any atom is 0.296 e. The molecular formula is C22H19ClO5S. The van der Waals surface area contributed by atoms with E-state index in [2.05, 4.69) is 0 Å². The van der Waals surface area contributed by atoms with Crippen LogP contribution in [0.2, 0.25) is 5.02 Å². The second-order valence-corrected chi connectivity index (χ2v) is 8.75. The fourth-order valence-electron chi connectivity index (χ4n) is 3.07. The smallest absolute Gasteiger partial charge is 0.296 e. The van der Waals surface area contributed by atoms with E-state index >= 15 is 0 Å². The second-order valence-electron chi connectivity index (χ2n) is 6.70. The molecule has 0 fully saturated rings. The Morgan fingerprint density at radius 2 is 1.86 bits per heavy atom. The van der Waals surface area contributed by atoms with Crippen LogP contribution in [0.15, 0.2) is 82.7 Å². The quantitative estimate of drug-likeness (QED) is 0.601. The van der Waals surface area contributed by atoms with Gasteiger partial charge in [-0.2, -0.15) is 8.42 Å². The number of benzene rings is 2. The molecule has 0 spiro atoms. The number of fused-ring (bicyclic) bond motifs is 2. The van der Waals surface area contributed by atoms with Crippen LogP contribution in [0.1, 0.15) is 18.4 Å². The molecule has 0 unspecified atom stereocenters. The molecule has 1 aliphatic heterocycles. The fourth-order valence-corrected chi connectivity index (χ4v) is 4.14. The molecule has 0 N–H and O–H groups in total. The zero-order chi connectivity index (χ0) is 20.4. The van der Waals surface area contributed by atoms with Gasteiger partial charge in [0, 0.05) is 23.1 Å². The number of rotatable bonds is 5. The van der Waals surface area contributed by atoms with E-state index in [1.54, 1.807) is 30.3 Å². The van der Waals surface area contributed by atoms with Crippen molar-refractivity contribution < 1.29 is 22.1 Å². The third-order valence-corrected chi connectivity index (χ3v) is 6.14. The van der Waals surface area contributed by atoms with Crippen LogP contribution in [0, 0.1) is 6.92 Å². The summed E-state index contributed by atoms with van der Waals surface area (Å²) in [6, 6.07) is 11.7. The maximum absolute atomic E-state index is 12.4. The Bertz CT molecular complexity index is 1130. The molecule has 0 saturated carbocycles. The normalized spacial score (nSPS) is 15.6. The van der Waals surface area contributed by atoms with Crippen molar-refractivity contribution in [1.29, 1.82) is 0 Å². The molecule has 0 atom stereocenters. The van der Waals surface area contributed by atoms with Gasteiger partial charge in [0.15, 0.2) is 11.5 Å². The zero-order valence-electron chi connectivity index (χ0n) is 15.7. The van der Waals surface area contributed by atoms with Gasteiger partial charge < -0.3 is 9.47 Å². The Kier molecular flexibility index (Phi) is 5.50. The van der Waals surface area contributed by atoms with Crippen molar-refractivity contribution in [2.45, 2.75) is 24.7 Å². The average Bonchev–Trinajstić information content (AvgIpc) is 2.84. The highest BCUT2D eigenvalue weighted by Gasteiger charge is 2.24. The molecule has 1 aliphatic carbocycles. The van der Waals surface area contributed by atoms with Gasteiger partial charge in [-0.05, 0) is 43.7 Å². The van der Waals surface area contributed by atoms with Crippen LogP contribution in [-0.2, 0) is 14.3 Å². The Morgan fingerprint density at radius 3 is 2.66 bits per heavy atom. The van der Waals surface area contributed by atoms with Crippen molar-refractivity contribution in [2.75, 3.05) is 6.61 Å². The Hall–Kier alpha value is -2.54. The van der Waals surface area contributed by atoms with Crippen LogP contribution in [-0.4, -0.2) is 15.0 Å². The first-order chi connectivity index (χ1) is 13.9. The van der Waals surface area contributed by atoms with Crippen LogP contribution in [0.3, 0.4) is 0 Å². The molecule has 7 heteroatoms. The second kappa shape index (κ2) is 8.06. The molecule has 29 heavy (non-hydrogen) atoms. The minimum Gasteiger partial charge on any atom is -0.457 e. The van der Waals surface area contributed by atoms with Crippen molar-refractivity contribution in [3.63, 3.8) is 0 Å². The lowest BCUT2D eigenvalue weighted by Gasteiger charge is -2.15. The van der Waals surface area contributed by atoms with Crippen LogP contribution in [0.5, 0.6) is 11.5 Å². The molecule has 0 bridgehead atoms. The first-order valence-corrected chi connectivity index (χ1v) is 10.9. The topological polar surface area (TPSA) is 61.8 Å². The SMILES string of the molecule is Cc1ccc(S(=O)(=O)OCCC2=C3CC=CC=C3Oc3ccc(Cl)cc3O2)cc1. The largest absolute Gasteiger partial charge is 0.457 e. The summed E-state index contributed by atoms with van der Waals surface area (Å²) in [4.78, 5) is 0.129. The van der Waals surface area contributed by atoms with Crippen molar-refractivity contribution in [1.82, 2.24) is 0 Å². The molecule has 5 nitrogen and oxygen atoms in total. The molecule has 0 radical (unpaired) electrons. The summed E-state index contributed by atoms with van der Waals surface area (Å²) in [5.41, 5.74) is 1.83. The van der Waals surface area contributed by atoms with Crippen LogP contribution in [0.25, 0.3) is 0 Å². The average molecular weight is 431 g/mol. The number of allylic oxidation sites excluding steroid dienone is 4. The highest BCUT2D eigenvalue weighted by Crippen LogP contribution is 2.40. The van der Waals surface area contributed by atoms with Gasteiger partial charge in [0.05, 0.1) is 11.5 Å². The zero-order valence-corrected chi connectivity index (χ0v) is 17.3. The number of hydrogen-bond donors (Lipinski definition) is 0. The molecule has 0 aromatic heterocycles. The molecule has 0 amide bonds. The summed E-state index contributed by atoms with van der Waals surface area (Å²) >= 11 is 6.09. The summed E-state index contributed by atoms with van der Waals surface area (Å²) in [5, 5.41) is 0.520. The fraction of sp³-hybridized carbons (Fsp3) is 0.182. The van der Waals surface area contributed by atoms with Gasteiger partial charge in [-0.15, -0.1) is 0 Å². The van der Waals surface area contributed by atoms with Gasteiger partial charge in [0.25, 0.3) is 10.1 Å².